The van der Waals surface area contributed by atoms with Gasteiger partial charge < -0.3 is 25.4 Å². The third kappa shape index (κ3) is 7.61. The Balaban J connectivity index is 2.08. The number of hydrogen-bond acceptors (Lipinski definition) is 4. The van der Waals surface area contributed by atoms with E-state index in [1.165, 1.54) is 7.11 Å². The van der Waals surface area contributed by atoms with Crippen molar-refractivity contribution in [1.29, 1.82) is 0 Å². The van der Waals surface area contributed by atoms with Crippen LogP contribution in [0.2, 0.25) is 0 Å². The second-order valence-electron chi connectivity index (χ2n) is 6.81. The topological polar surface area (TPSA) is 71.6 Å². The van der Waals surface area contributed by atoms with Crippen molar-refractivity contribution in [2.75, 3.05) is 19.5 Å². The minimum atomic E-state index is -1.85. The number of amides is 1. The smallest absolute Gasteiger partial charge is 0.228 e. The van der Waals surface area contributed by atoms with Crippen molar-refractivity contribution < 1.29 is 14.3 Å². The Morgan fingerprint density at radius 1 is 1.06 bits per heavy atom. The molecule has 1 atom stereocenters. The van der Waals surface area contributed by atoms with Gasteiger partial charge in [-0.15, -0.1) is 0 Å². The van der Waals surface area contributed by atoms with Gasteiger partial charge in [0.15, 0.2) is 5.11 Å². The van der Waals surface area contributed by atoms with E-state index >= 15 is 0 Å². The third-order valence-electron chi connectivity index (χ3n) is 4.39. The molecule has 2 aromatic rings. The number of halogens is 3. The maximum absolute atomic E-state index is 12.7. The molecule has 2 rings (SSSR count). The second kappa shape index (κ2) is 11.1. The predicted octanol–water partition coefficient (Wildman–Crippen LogP) is 4.66. The number of benzene rings is 2. The van der Waals surface area contributed by atoms with Crippen LogP contribution in [0.15, 0.2) is 36.4 Å². The van der Waals surface area contributed by atoms with Gasteiger partial charge in [0.05, 0.1) is 20.6 Å². The van der Waals surface area contributed by atoms with Crippen molar-refractivity contribution in [3.63, 3.8) is 0 Å². The maximum atomic E-state index is 12.7. The van der Waals surface area contributed by atoms with E-state index in [2.05, 4.69) is 16.0 Å². The number of carbonyl (C=O) groups excluding carboxylic acids is 1. The first-order valence-electron chi connectivity index (χ1n) is 9.25. The summed E-state index contributed by atoms with van der Waals surface area (Å²) in [7, 11) is 3.06. The largest absolute Gasteiger partial charge is 0.497 e. The number of alkyl halides is 3. The Labute approximate surface area is 202 Å². The van der Waals surface area contributed by atoms with E-state index in [1.54, 1.807) is 25.3 Å². The summed E-state index contributed by atoms with van der Waals surface area (Å²) >= 11 is 23.6. The Bertz CT molecular complexity index is 951. The summed E-state index contributed by atoms with van der Waals surface area (Å²) in [6.45, 7) is 3.92. The molecule has 0 radical (unpaired) electrons. The van der Waals surface area contributed by atoms with E-state index in [4.69, 9.17) is 56.5 Å². The zero-order chi connectivity index (χ0) is 23.2. The molecule has 2 aromatic carbocycles. The second-order valence-corrected chi connectivity index (χ2v) is 9.59. The van der Waals surface area contributed by atoms with Gasteiger partial charge in [0.1, 0.15) is 17.7 Å². The summed E-state index contributed by atoms with van der Waals surface area (Å²) in [5.74, 6) is 0.742. The number of ether oxygens (including phenoxy) is 2. The molecule has 3 N–H and O–H groups in total. The summed E-state index contributed by atoms with van der Waals surface area (Å²) in [6.07, 6.45) is -1.07. The van der Waals surface area contributed by atoms with E-state index in [0.717, 1.165) is 16.8 Å². The lowest BCUT2D eigenvalue weighted by molar-refractivity contribution is -0.121. The molecule has 0 bridgehead atoms. The lowest BCUT2D eigenvalue weighted by Crippen LogP contribution is -2.56. The van der Waals surface area contributed by atoms with Crippen LogP contribution in [0.5, 0.6) is 11.5 Å². The molecule has 0 aliphatic heterocycles. The molecule has 6 nitrogen and oxygen atoms in total. The minimum absolute atomic E-state index is 0.00325. The van der Waals surface area contributed by atoms with Gasteiger partial charge in [-0.2, -0.15) is 0 Å². The van der Waals surface area contributed by atoms with E-state index < -0.39 is 9.96 Å². The molecule has 0 heterocycles. The zero-order valence-electron chi connectivity index (χ0n) is 17.5. The Hall–Kier alpha value is -1.93. The van der Waals surface area contributed by atoms with Gasteiger partial charge in [0, 0.05) is 17.3 Å². The quantitative estimate of drug-likeness (QED) is 0.289. The zero-order valence-corrected chi connectivity index (χ0v) is 20.6. The summed E-state index contributed by atoms with van der Waals surface area (Å²) in [6, 6.07) is 11.1. The highest BCUT2D eigenvalue weighted by atomic mass is 35.6. The Morgan fingerprint density at radius 2 is 1.77 bits per heavy atom. The van der Waals surface area contributed by atoms with Crippen LogP contribution in [0.25, 0.3) is 0 Å². The molecular weight excluding hydrogens is 481 g/mol. The Morgan fingerprint density at radius 3 is 2.39 bits per heavy atom. The van der Waals surface area contributed by atoms with Crippen LogP contribution in [0.4, 0.5) is 5.69 Å². The number of aryl methyl sites for hydroxylation is 2. The van der Waals surface area contributed by atoms with Gasteiger partial charge in [-0.05, 0) is 49.3 Å². The molecule has 0 fully saturated rings. The number of hydrogen-bond donors (Lipinski definition) is 3. The summed E-state index contributed by atoms with van der Waals surface area (Å²) in [4.78, 5) is 12.7. The SMILES string of the molecule is COc1ccc(CC(=O)NC(NC(=S)Nc2cc(C)ccc2C)C(Cl)(Cl)Cl)c(OC)c1. The van der Waals surface area contributed by atoms with Crippen molar-refractivity contribution in [1.82, 2.24) is 10.6 Å². The fraction of sp³-hybridized carbons (Fsp3) is 0.333. The average Bonchev–Trinajstić information content (AvgIpc) is 2.69. The first-order chi connectivity index (χ1) is 14.5. The molecule has 168 valence electrons. The lowest BCUT2D eigenvalue weighted by atomic mass is 10.1. The molecule has 31 heavy (non-hydrogen) atoms. The van der Waals surface area contributed by atoms with Crippen LogP contribution in [0.3, 0.4) is 0 Å². The first kappa shape index (κ1) is 25.3. The number of nitrogens with one attached hydrogen (secondary N) is 3. The van der Waals surface area contributed by atoms with Crippen LogP contribution >= 0.6 is 47.0 Å². The van der Waals surface area contributed by atoms with Crippen molar-refractivity contribution >= 4 is 63.7 Å². The molecule has 1 amide bonds. The summed E-state index contributed by atoms with van der Waals surface area (Å²) in [5.41, 5.74) is 3.53. The van der Waals surface area contributed by atoms with Crippen molar-refractivity contribution in [3.05, 3.63) is 53.1 Å². The van der Waals surface area contributed by atoms with E-state index in [-0.39, 0.29) is 17.4 Å². The number of methoxy groups -OCH3 is 2. The van der Waals surface area contributed by atoms with Crippen molar-refractivity contribution in [2.24, 2.45) is 0 Å². The molecule has 0 aliphatic rings. The molecule has 0 saturated carbocycles. The molecule has 10 heteroatoms. The number of rotatable bonds is 7. The van der Waals surface area contributed by atoms with Crippen LogP contribution in [0.1, 0.15) is 16.7 Å². The lowest BCUT2D eigenvalue weighted by Gasteiger charge is -2.28. The highest BCUT2D eigenvalue weighted by Gasteiger charge is 2.34. The highest BCUT2D eigenvalue weighted by molar-refractivity contribution is 7.80. The predicted molar refractivity (Wildman–Crippen MR) is 131 cm³/mol. The summed E-state index contributed by atoms with van der Waals surface area (Å²) in [5, 5.41) is 8.79. The fourth-order valence-corrected chi connectivity index (χ4v) is 3.30. The highest BCUT2D eigenvalue weighted by Crippen LogP contribution is 2.30. The third-order valence-corrected chi connectivity index (χ3v) is 5.27. The van der Waals surface area contributed by atoms with Gasteiger partial charge in [0.2, 0.25) is 9.70 Å². The van der Waals surface area contributed by atoms with Crippen LogP contribution in [0, 0.1) is 13.8 Å². The molecule has 0 spiro atoms. The van der Waals surface area contributed by atoms with E-state index in [1.807, 2.05) is 32.0 Å². The Kier molecular flexibility index (Phi) is 9.06. The first-order valence-corrected chi connectivity index (χ1v) is 10.8. The molecule has 0 aliphatic carbocycles. The normalized spacial score (nSPS) is 12.0. The van der Waals surface area contributed by atoms with Gasteiger partial charge in [-0.25, -0.2) is 0 Å². The molecule has 1 unspecified atom stereocenters. The number of thiocarbonyl (C=S) groups is 1. The van der Waals surface area contributed by atoms with Crippen molar-refractivity contribution in [3.8, 4) is 11.5 Å². The maximum Gasteiger partial charge on any atom is 0.228 e. The molecular formula is C21H24Cl3N3O3S. The van der Waals surface area contributed by atoms with Gasteiger partial charge in [0.25, 0.3) is 0 Å². The van der Waals surface area contributed by atoms with Crippen LogP contribution < -0.4 is 25.4 Å². The number of anilines is 1. The minimum Gasteiger partial charge on any atom is -0.497 e. The van der Waals surface area contributed by atoms with Crippen LogP contribution in [-0.4, -0.2) is 35.2 Å². The van der Waals surface area contributed by atoms with Crippen LogP contribution in [-0.2, 0) is 11.2 Å². The van der Waals surface area contributed by atoms with E-state index in [9.17, 15) is 4.79 Å². The standard InChI is InChI=1S/C21H24Cl3N3O3S/c1-12-5-6-13(2)16(9-12)25-20(31)27-19(21(22,23)24)26-18(28)10-14-7-8-15(29-3)11-17(14)30-4/h5-9,11,19H,10H2,1-4H3,(H,26,28)(H2,25,27,31). The fourth-order valence-electron chi connectivity index (χ4n) is 2.74. The number of carbonyl (C=O) groups is 1. The van der Waals surface area contributed by atoms with Gasteiger partial charge >= 0.3 is 0 Å². The molecule has 0 saturated heterocycles. The van der Waals surface area contributed by atoms with Gasteiger partial charge in [-0.3, -0.25) is 4.79 Å². The average molecular weight is 505 g/mol. The van der Waals surface area contributed by atoms with Crippen molar-refractivity contribution in [2.45, 2.75) is 30.2 Å². The monoisotopic (exact) mass is 503 g/mol. The van der Waals surface area contributed by atoms with E-state index in [0.29, 0.717) is 17.1 Å². The molecule has 0 aromatic heterocycles. The van der Waals surface area contributed by atoms with Gasteiger partial charge in [-0.1, -0.05) is 53.0 Å². The summed E-state index contributed by atoms with van der Waals surface area (Å²) < 4.78 is 8.64.